The number of halogens is 1. The molecular formula is C13H23BrN2O4. The Morgan fingerprint density at radius 3 is 2.65 bits per heavy atom. The van der Waals surface area contributed by atoms with Crippen LogP contribution in [0.1, 0.15) is 27.2 Å². The van der Waals surface area contributed by atoms with E-state index in [-0.39, 0.29) is 17.3 Å². The first kappa shape index (κ1) is 17.2. The molecule has 0 aromatic rings. The second-order valence-corrected chi connectivity index (χ2v) is 6.23. The normalized spacial score (nSPS) is 18.7. The first-order valence-electron chi connectivity index (χ1n) is 6.73. The maximum Gasteiger partial charge on any atom is 0.407 e. The quantitative estimate of drug-likeness (QED) is 0.763. The molecule has 2 amide bonds. The van der Waals surface area contributed by atoms with Crippen molar-refractivity contribution in [1.29, 1.82) is 0 Å². The average Bonchev–Trinajstić information content (AvgIpc) is 2.85. The Balaban J connectivity index is 2.39. The fourth-order valence-corrected chi connectivity index (χ4v) is 2.27. The van der Waals surface area contributed by atoms with E-state index in [1.807, 2.05) is 20.8 Å². The molecule has 116 valence electrons. The van der Waals surface area contributed by atoms with Crippen molar-refractivity contribution in [3.8, 4) is 0 Å². The van der Waals surface area contributed by atoms with E-state index >= 15 is 0 Å². The Hall–Kier alpha value is -0.820. The van der Waals surface area contributed by atoms with Crippen molar-refractivity contribution in [2.24, 2.45) is 0 Å². The van der Waals surface area contributed by atoms with Gasteiger partial charge in [-0.05, 0) is 27.2 Å². The van der Waals surface area contributed by atoms with Crippen molar-refractivity contribution in [3.63, 3.8) is 0 Å². The van der Waals surface area contributed by atoms with Crippen LogP contribution >= 0.6 is 15.9 Å². The molecule has 1 N–H and O–H groups in total. The molecule has 1 atom stereocenters. The maximum absolute atomic E-state index is 11.9. The Labute approximate surface area is 128 Å². The number of carbonyl (C=O) groups is 2. The third-order valence-corrected chi connectivity index (χ3v) is 3.28. The molecule has 0 radical (unpaired) electrons. The van der Waals surface area contributed by atoms with Crippen LogP contribution in [-0.2, 0) is 14.3 Å². The van der Waals surface area contributed by atoms with Crippen LogP contribution in [0.4, 0.5) is 4.79 Å². The van der Waals surface area contributed by atoms with Gasteiger partial charge in [-0.1, -0.05) is 15.9 Å². The van der Waals surface area contributed by atoms with Crippen molar-refractivity contribution >= 4 is 27.9 Å². The van der Waals surface area contributed by atoms with Gasteiger partial charge in [0, 0.05) is 19.7 Å². The standard InChI is InChI=1S/C13H23BrN2O4/c1-13(2,3)20-12(18)15-5-6-16(11(17)8-14)10-4-7-19-9-10/h10H,4-9H2,1-3H3,(H,15,18)/t10-/m0/s1. The SMILES string of the molecule is CC(C)(C)OC(=O)NCCN(C(=O)CBr)[C@H]1CCOC1. The van der Waals surface area contributed by atoms with Crippen molar-refractivity contribution in [3.05, 3.63) is 0 Å². The lowest BCUT2D eigenvalue weighted by molar-refractivity contribution is -0.130. The second kappa shape index (κ2) is 7.83. The van der Waals surface area contributed by atoms with Gasteiger partial charge in [-0.25, -0.2) is 4.79 Å². The van der Waals surface area contributed by atoms with Crippen LogP contribution < -0.4 is 5.32 Å². The number of amides is 2. The van der Waals surface area contributed by atoms with E-state index < -0.39 is 11.7 Å². The van der Waals surface area contributed by atoms with Crippen LogP contribution in [0.15, 0.2) is 0 Å². The number of ether oxygens (including phenoxy) is 2. The molecule has 6 nitrogen and oxygen atoms in total. The number of rotatable bonds is 5. The summed E-state index contributed by atoms with van der Waals surface area (Å²) in [6.45, 7) is 7.48. The highest BCUT2D eigenvalue weighted by atomic mass is 79.9. The molecule has 20 heavy (non-hydrogen) atoms. The monoisotopic (exact) mass is 350 g/mol. The molecular weight excluding hydrogens is 328 g/mol. The summed E-state index contributed by atoms with van der Waals surface area (Å²) < 4.78 is 10.4. The highest BCUT2D eigenvalue weighted by Gasteiger charge is 2.26. The number of alkyl halides is 1. The molecule has 0 spiro atoms. The van der Waals surface area contributed by atoms with Crippen LogP contribution in [0.3, 0.4) is 0 Å². The molecule has 1 heterocycles. The summed E-state index contributed by atoms with van der Waals surface area (Å²) in [6, 6.07) is 0.0977. The number of nitrogens with one attached hydrogen (secondary N) is 1. The third kappa shape index (κ3) is 6.09. The fourth-order valence-electron chi connectivity index (χ4n) is 1.95. The minimum absolute atomic E-state index is 0.00601. The summed E-state index contributed by atoms with van der Waals surface area (Å²) in [5.74, 6) is 0.00601. The smallest absolute Gasteiger partial charge is 0.407 e. The van der Waals surface area contributed by atoms with E-state index in [0.29, 0.717) is 26.3 Å². The lowest BCUT2D eigenvalue weighted by Gasteiger charge is -2.28. The van der Waals surface area contributed by atoms with Crippen molar-refractivity contribution in [2.45, 2.75) is 38.8 Å². The van der Waals surface area contributed by atoms with Gasteiger partial charge in [0.2, 0.25) is 5.91 Å². The maximum atomic E-state index is 11.9. The Kier molecular flexibility index (Phi) is 6.75. The predicted octanol–water partition coefficient (Wildman–Crippen LogP) is 1.52. The highest BCUT2D eigenvalue weighted by Crippen LogP contribution is 2.13. The van der Waals surface area contributed by atoms with Gasteiger partial charge < -0.3 is 19.7 Å². The molecule has 1 aliphatic heterocycles. The van der Waals surface area contributed by atoms with Gasteiger partial charge in [-0.15, -0.1) is 0 Å². The fraction of sp³-hybridized carbons (Fsp3) is 0.846. The van der Waals surface area contributed by atoms with E-state index in [9.17, 15) is 9.59 Å². The zero-order valence-electron chi connectivity index (χ0n) is 12.3. The van der Waals surface area contributed by atoms with Gasteiger partial charge in [-0.2, -0.15) is 0 Å². The van der Waals surface area contributed by atoms with Crippen molar-refractivity contribution in [2.75, 3.05) is 31.6 Å². The predicted molar refractivity (Wildman–Crippen MR) is 79.0 cm³/mol. The zero-order chi connectivity index (χ0) is 15.2. The Morgan fingerprint density at radius 1 is 1.45 bits per heavy atom. The van der Waals surface area contributed by atoms with Gasteiger partial charge in [-0.3, -0.25) is 4.79 Å². The zero-order valence-corrected chi connectivity index (χ0v) is 13.9. The molecule has 1 fully saturated rings. The molecule has 0 saturated carbocycles. The Bertz CT molecular complexity index is 338. The van der Waals surface area contributed by atoms with Gasteiger partial charge in [0.15, 0.2) is 0 Å². The molecule has 0 aliphatic carbocycles. The molecule has 0 unspecified atom stereocenters. The summed E-state index contributed by atoms with van der Waals surface area (Å²) in [7, 11) is 0. The molecule has 1 rings (SSSR count). The van der Waals surface area contributed by atoms with E-state index in [2.05, 4.69) is 21.2 Å². The summed E-state index contributed by atoms with van der Waals surface area (Å²) >= 11 is 3.18. The molecule has 0 aromatic carbocycles. The van der Waals surface area contributed by atoms with Crippen LogP contribution in [0.2, 0.25) is 0 Å². The second-order valence-electron chi connectivity index (χ2n) is 5.67. The van der Waals surface area contributed by atoms with Crippen LogP contribution in [0.25, 0.3) is 0 Å². The minimum Gasteiger partial charge on any atom is -0.444 e. The third-order valence-electron chi connectivity index (χ3n) is 2.80. The van der Waals surface area contributed by atoms with Gasteiger partial charge >= 0.3 is 6.09 Å². The van der Waals surface area contributed by atoms with E-state index in [1.165, 1.54) is 0 Å². The summed E-state index contributed by atoms with van der Waals surface area (Å²) in [5.41, 5.74) is -0.519. The van der Waals surface area contributed by atoms with Gasteiger partial charge in [0.1, 0.15) is 5.60 Å². The summed E-state index contributed by atoms with van der Waals surface area (Å²) in [5, 5.41) is 2.93. The van der Waals surface area contributed by atoms with E-state index in [1.54, 1.807) is 4.90 Å². The number of hydrogen-bond acceptors (Lipinski definition) is 4. The largest absolute Gasteiger partial charge is 0.444 e. The molecule has 1 aliphatic rings. The summed E-state index contributed by atoms with van der Waals surface area (Å²) in [4.78, 5) is 25.2. The number of nitrogens with zero attached hydrogens (tertiary/aromatic N) is 1. The van der Waals surface area contributed by atoms with Crippen molar-refractivity contribution in [1.82, 2.24) is 10.2 Å². The van der Waals surface area contributed by atoms with Gasteiger partial charge in [0.05, 0.1) is 18.0 Å². The molecule has 7 heteroatoms. The number of alkyl carbamates (subject to hydrolysis) is 1. The van der Waals surface area contributed by atoms with E-state index in [0.717, 1.165) is 6.42 Å². The molecule has 1 saturated heterocycles. The van der Waals surface area contributed by atoms with Crippen LogP contribution in [0, 0.1) is 0 Å². The van der Waals surface area contributed by atoms with Crippen LogP contribution in [0.5, 0.6) is 0 Å². The van der Waals surface area contributed by atoms with E-state index in [4.69, 9.17) is 9.47 Å². The first-order valence-corrected chi connectivity index (χ1v) is 7.85. The summed E-state index contributed by atoms with van der Waals surface area (Å²) in [6.07, 6.45) is 0.372. The topological polar surface area (TPSA) is 67.9 Å². The lowest BCUT2D eigenvalue weighted by Crippen LogP contribution is -2.46. The average molecular weight is 351 g/mol. The van der Waals surface area contributed by atoms with Crippen molar-refractivity contribution < 1.29 is 19.1 Å². The number of carbonyl (C=O) groups excluding carboxylic acids is 2. The van der Waals surface area contributed by atoms with Gasteiger partial charge in [0.25, 0.3) is 0 Å². The first-order chi connectivity index (χ1) is 9.33. The Morgan fingerprint density at radius 2 is 2.15 bits per heavy atom. The lowest BCUT2D eigenvalue weighted by atomic mass is 10.2. The highest BCUT2D eigenvalue weighted by molar-refractivity contribution is 9.09. The molecule has 0 aromatic heterocycles. The number of hydrogen-bond donors (Lipinski definition) is 1. The van der Waals surface area contributed by atoms with Crippen LogP contribution in [-0.4, -0.2) is 60.2 Å². The molecule has 0 bridgehead atoms. The minimum atomic E-state index is -0.519.